The number of aromatic nitrogens is 1. The standard InChI is InChI=1S/C25H28N4O2/c30-24(18-20-8-10-23(11-9-20)29-14-4-5-15-29)26-22-12-16-28(17-13-22)19-25(31)27-21-6-2-1-3-7-21/h1-11,14-15,22H,12-13,16-19H2,(H,26,30)(H,27,31). The van der Waals surface area contributed by atoms with E-state index < -0.39 is 0 Å². The third-order valence-electron chi connectivity index (χ3n) is 5.58. The second-order valence-electron chi connectivity index (χ2n) is 7.97. The molecule has 1 fully saturated rings. The van der Waals surface area contributed by atoms with E-state index in [4.69, 9.17) is 0 Å². The van der Waals surface area contributed by atoms with Crippen LogP contribution in [0.2, 0.25) is 0 Å². The van der Waals surface area contributed by atoms with Crippen LogP contribution in [0, 0.1) is 0 Å². The minimum Gasteiger partial charge on any atom is -0.353 e. The first kappa shape index (κ1) is 20.9. The Kier molecular flexibility index (Phi) is 6.79. The molecule has 2 aromatic carbocycles. The molecule has 0 spiro atoms. The number of amides is 2. The predicted octanol–water partition coefficient (Wildman–Crippen LogP) is 3.24. The summed E-state index contributed by atoms with van der Waals surface area (Å²) in [6, 6.07) is 21.7. The van der Waals surface area contributed by atoms with Crippen molar-refractivity contribution in [3.63, 3.8) is 0 Å². The Bertz CT molecular complexity index is 976. The molecule has 160 valence electrons. The smallest absolute Gasteiger partial charge is 0.238 e. The molecule has 2 N–H and O–H groups in total. The van der Waals surface area contributed by atoms with Gasteiger partial charge < -0.3 is 15.2 Å². The lowest BCUT2D eigenvalue weighted by molar-refractivity contribution is -0.122. The van der Waals surface area contributed by atoms with Crippen molar-refractivity contribution in [2.24, 2.45) is 0 Å². The van der Waals surface area contributed by atoms with Crippen molar-refractivity contribution in [1.29, 1.82) is 0 Å². The van der Waals surface area contributed by atoms with Gasteiger partial charge in [-0.1, -0.05) is 30.3 Å². The lowest BCUT2D eigenvalue weighted by Crippen LogP contribution is -2.46. The first-order valence-electron chi connectivity index (χ1n) is 10.7. The van der Waals surface area contributed by atoms with Crippen molar-refractivity contribution in [3.8, 4) is 5.69 Å². The van der Waals surface area contributed by atoms with Crippen molar-refractivity contribution in [2.75, 3.05) is 25.0 Å². The molecule has 0 bridgehead atoms. The molecule has 0 aliphatic carbocycles. The summed E-state index contributed by atoms with van der Waals surface area (Å²) < 4.78 is 2.04. The number of anilines is 1. The van der Waals surface area contributed by atoms with Crippen LogP contribution in [0.5, 0.6) is 0 Å². The van der Waals surface area contributed by atoms with E-state index in [1.807, 2.05) is 83.7 Å². The third kappa shape index (κ3) is 6.06. The highest BCUT2D eigenvalue weighted by Crippen LogP contribution is 2.13. The van der Waals surface area contributed by atoms with E-state index in [0.29, 0.717) is 13.0 Å². The van der Waals surface area contributed by atoms with Gasteiger partial charge in [0.2, 0.25) is 11.8 Å². The number of rotatable bonds is 7. The Morgan fingerprint density at radius 1 is 0.839 bits per heavy atom. The summed E-state index contributed by atoms with van der Waals surface area (Å²) in [4.78, 5) is 26.8. The van der Waals surface area contributed by atoms with Crippen molar-refractivity contribution >= 4 is 17.5 Å². The Morgan fingerprint density at radius 3 is 2.19 bits per heavy atom. The SMILES string of the molecule is O=C(CN1CCC(NC(=O)Cc2ccc(-n3cccc3)cc2)CC1)Nc1ccccc1. The van der Waals surface area contributed by atoms with Crippen molar-refractivity contribution in [2.45, 2.75) is 25.3 Å². The molecular formula is C25H28N4O2. The molecule has 6 nitrogen and oxygen atoms in total. The Balaban J connectivity index is 1.18. The average molecular weight is 417 g/mol. The lowest BCUT2D eigenvalue weighted by Gasteiger charge is -2.31. The topological polar surface area (TPSA) is 66.4 Å². The van der Waals surface area contributed by atoms with Crippen molar-refractivity contribution < 1.29 is 9.59 Å². The van der Waals surface area contributed by atoms with E-state index in [1.165, 1.54) is 0 Å². The number of nitrogens with one attached hydrogen (secondary N) is 2. The zero-order valence-corrected chi connectivity index (χ0v) is 17.5. The number of benzene rings is 2. The van der Waals surface area contributed by atoms with Crippen LogP contribution in [-0.4, -0.2) is 47.0 Å². The lowest BCUT2D eigenvalue weighted by atomic mass is 10.0. The van der Waals surface area contributed by atoms with E-state index in [0.717, 1.165) is 42.9 Å². The third-order valence-corrected chi connectivity index (χ3v) is 5.58. The van der Waals surface area contributed by atoms with Gasteiger partial charge in [-0.25, -0.2) is 0 Å². The highest BCUT2D eigenvalue weighted by Gasteiger charge is 2.22. The molecule has 0 atom stereocenters. The fraction of sp³-hybridized carbons (Fsp3) is 0.280. The number of hydrogen-bond acceptors (Lipinski definition) is 3. The minimum absolute atomic E-state index is 0.00274. The van der Waals surface area contributed by atoms with E-state index in [9.17, 15) is 9.59 Å². The molecule has 31 heavy (non-hydrogen) atoms. The Morgan fingerprint density at radius 2 is 1.52 bits per heavy atom. The summed E-state index contributed by atoms with van der Waals surface area (Å²) in [6.45, 7) is 1.99. The van der Waals surface area contributed by atoms with E-state index in [-0.39, 0.29) is 17.9 Å². The summed E-state index contributed by atoms with van der Waals surface area (Å²) in [7, 11) is 0. The average Bonchev–Trinajstić information content (AvgIpc) is 3.31. The molecule has 6 heteroatoms. The molecule has 0 radical (unpaired) electrons. The largest absolute Gasteiger partial charge is 0.353 e. The summed E-state index contributed by atoms with van der Waals surface area (Å²) in [5.74, 6) is 0.0472. The van der Waals surface area contributed by atoms with Gasteiger partial charge in [-0.2, -0.15) is 0 Å². The number of carbonyl (C=O) groups is 2. The van der Waals surface area contributed by atoms with Gasteiger partial charge in [-0.05, 0) is 54.8 Å². The van der Waals surface area contributed by atoms with Crippen LogP contribution in [0.3, 0.4) is 0 Å². The number of piperidine rings is 1. The highest BCUT2D eigenvalue weighted by atomic mass is 16.2. The minimum atomic E-state index is -0.00274. The molecule has 1 aromatic heterocycles. The van der Waals surface area contributed by atoms with E-state index in [1.54, 1.807) is 0 Å². The molecule has 2 heterocycles. The Hall–Kier alpha value is -3.38. The van der Waals surface area contributed by atoms with Crippen LogP contribution in [0.25, 0.3) is 5.69 Å². The molecule has 2 amide bonds. The van der Waals surface area contributed by atoms with Gasteiger partial charge in [0.05, 0.1) is 13.0 Å². The first-order valence-corrected chi connectivity index (χ1v) is 10.7. The molecule has 0 saturated carbocycles. The van der Waals surface area contributed by atoms with Crippen LogP contribution in [0.4, 0.5) is 5.69 Å². The second-order valence-corrected chi connectivity index (χ2v) is 7.97. The van der Waals surface area contributed by atoms with Crippen LogP contribution in [0.1, 0.15) is 18.4 Å². The molecule has 1 aliphatic heterocycles. The molecule has 0 unspecified atom stereocenters. The number of para-hydroxylation sites is 1. The van der Waals surface area contributed by atoms with E-state index >= 15 is 0 Å². The maximum Gasteiger partial charge on any atom is 0.238 e. The number of likely N-dealkylation sites (tertiary alicyclic amines) is 1. The van der Waals surface area contributed by atoms with Gasteiger partial charge >= 0.3 is 0 Å². The molecule has 4 rings (SSSR count). The first-order chi connectivity index (χ1) is 15.2. The van der Waals surface area contributed by atoms with Crippen LogP contribution >= 0.6 is 0 Å². The van der Waals surface area contributed by atoms with Gasteiger partial charge in [-0.3, -0.25) is 14.5 Å². The van der Waals surface area contributed by atoms with E-state index in [2.05, 4.69) is 15.5 Å². The van der Waals surface area contributed by atoms with Crippen LogP contribution < -0.4 is 10.6 Å². The highest BCUT2D eigenvalue weighted by molar-refractivity contribution is 5.92. The maximum atomic E-state index is 12.5. The summed E-state index contributed by atoms with van der Waals surface area (Å²) >= 11 is 0. The zero-order valence-electron chi connectivity index (χ0n) is 17.5. The van der Waals surface area contributed by atoms with Gasteiger partial charge in [0.25, 0.3) is 0 Å². The van der Waals surface area contributed by atoms with Gasteiger partial charge in [0.15, 0.2) is 0 Å². The molecule has 3 aromatic rings. The summed E-state index contributed by atoms with van der Waals surface area (Å²) in [5, 5.41) is 6.07. The Labute approximate surface area is 182 Å². The zero-order chi connectivity index (χ0) is 21.5. The van der Waals surface area contributed by atoms with Crippen LogP contribution in [-0.2, 0) is 16.0 Å². The second kappa shape index (κ2) is 10.1. The molecule has 1 aliphatic rings. The van der Waals surface area contributed by atoms with Gasteiger partial charge in [0.1, 0.15) is 0 Å². The number of nitrogens with zero attached hydrogens (tertiary/aromatic N) is 2. The monoisotopic (exact) mass is 416 g/mol. The predicted molar refractivity (Wildman–Crippen MR) is 122 cm³/mol. The maximum absolute atomic E-state index is 12.5. The van der Waals surface area contributed by atoms with Gasteiger partial charge in [-0.15, -0.1) is 0 Å². The van der Waals surface area contributed by atoms with Crippen LogP contribution in [0.15, 0.2) is 79.1 Å². The number of hydrogen-bond donors (Lipinski definition) is 2. The fourth-order valence-corrected chi connectivity index (χ4v) is 3.92. The number of carbonyl (C=O) groups excluding carboxylic acids is 2. The van der Waals surface area contributed by atoms with Gasteiger partial charge in [0, 0.05) is 42.9 Å². The molecular weight excluding hydrogens is 388 g/mol. The summed E-state index contributed by atoms with van der Waals surface area (Å²) in [5.41, 5.74) is 2.90. The normalized spacial score (nSPS) is 14.8. The van der Waals surface area contributed by atoms with Crippen molar-refractivity contribution in [3.05, 3.63) is 84.7 Å². The fourth-order valence-electron chi connectivity index (χ4n) is 3.92. The summed E-state index contributed by atoms with van der Waals surface area (Å²) in [6.07, 6.45) is 6.10. The molecule has 1 saturated heterocycles. The van der Waals surface area contributed by atoms with Crippen molar-refractivity contribution in [1.82, 2.24) is 14.8 Å². The quantitative estimate of drug-likeness (QED) is 0.621.